The van der Waals surface area contributed by atoms with Gasteiger partial charge in [0, 0.05) is 29.4 Å². The van der Waals surface area contributed by atoms with Crippen molar-refractivity contribution in [3.63, 3.8) is 0 Å². The summed E-state index contributed by atoms with van der Waals surface area (Å²) in [7, 11) is 2.18. The van der Waals surface area contributed by atoms with E-state index in [-0.39, 0.29) is 11.6 Å². The van der Waals surface area contributed by atoms with E-state index in [1.54, 1.807) is 6.07 Å². The van der Waals surface area contributed by atoms with Gasteiger partial charge in [0.15, 0.2) is 0 Å². The van der Waals surface area contributed by atoms with Crippen molar-refractivity contribution in [2.24, 2.45) is 4.99 Å². The number of carbonyl (C=O) groups is 1. The molecule has 172 valence electrons. The van der Waals surface area contributed by atoms with Crippen molar-refractivity contribution in [2.75, 3.05) is 18.9 Å². The molecule has 0 spiro atoms. The molecule has 0 aliphatic carbocycles. The molecule has 7 heteroatoms. The molecule has 34 heavy (non-hydrogen) atoms. The fraction of sp³-hybridized carbons (Fsp3) is 0.259. The Morgan fingerprint density at radius 3 is 2.56 bits per heavy atom. The van der Waals surface area contributed by atoms with Gasteiger partial charge in [0.25, 0.3) is 5.69 Å². The molecule has 0 aromatic heterocycles. The third-order valence-corrected chi connectivity index (χ3v) is 6.75. The van der Waals surface area contributed by atoms with Gasteiger partial charge in [-0.25, -0.2) is 0 Å². The molecule has 3 aromatic rings. The highest BCUT2D eigenvalue weighted by atomic mass is 16.6. The van der Waals surface area contributed by atoms with Gasteiger partial charge in [-0.1, -0.05) is 42.5 Å². The van der Waals surface area contributed by atoms with Gasteiger partial charge < -0.3 is 10.2 Å². The number of anilines is 1. The Kier molecular flexibility index (Phi) is 5.94. The molecule has 0 radical (unpaired) electrons. The van der Waals surface area contributed by atoms with Gasteiger partial charge in [-0.05, 0) is 62.2 Å². The number of nitro benzene ring substituents is 1. The monoisotopic (exact) mass is 454 g/mol. The first-order valence-corrected chi connectivity index (χ1v) is 11.5. The maximum atomic E-state index is 13.0. The van der Waals surface area contributed by atoms with Gasteiger partial charge in [-0.15, -0.1) is 0 Å². The van der Waals surface area contributed by atoms with Crippen LogP contribution in [0.15, 0.2) is 77.8 Å². The second-order valence-corrected chi connectivity index (χ2v) is 8.96. The summed E-state index contributed by atoms with van der Waals surface area (Å²) in [4.78, 5) is 31.3. The average Bonchev–Trinajstić information content (AvgIpc) is 3.40. The lowest BCUT2D eigenvalue weighted by Gasteiger charge is -2.19. The zero-order valence-corrected chi connectivity index (χ0v) is 19.0. The normalized spacial score (nSPS) is 20.3. The topological polar surface area (TPSA) is 87.8 Å². The van der Waals surface area contributed by atoms with Crippen molar-refractivity contribution >= 4 is 28.7 Å². The fourth-order valence-corrected chi connectivity index (χ4v) is 4.89. The van der Waals surface area contributed by atoms with Crippen LogP contribution in [0.2, 0.25) is 0 Å². The van der Waals surface area contributed by atoms with Gasteiger partial charge in [-0.3, -0.25) is 19.9 Å². The molecule has 2 aliphatic heterocycles. The number of amides is 1. The van der Waals surface area contributed by atoms with Crippen molar-refractivity contribution in [2.45, 2.75) is 31.2 Å². The van der Waals surface area contributed by atoms with Crippen LogP contribution in [0.5, 0.6) is 0 Å². The van der Waals surface area contributed by atoms with E-state index in [2.05, 4.69) is 29.4 Å². The number of nitro groups is 1. The number of benzene rings is 3. The number of nitrogens with one attached hydrogen (secondary N) is 1. The molecule has 1 saturated heterocycles. The van der Waals surface area contributed by atoms with E-state index >= 15 is 0 Å². The summed E-state index contributed by atoms with van der Waals surface area (Å²) in [6, 6.07) is 22.7. The second-order valence-electron chi connectivity index (χ2n) is 8.96. The quantitative estimate of drug-likeness (QED) is 0.319. The number of nitrogens with zero attached hydrogens (tertiary/aromatic N) is 3. The zero-order valence-electron chi connectivity index (χ0n) is 19.0. The highest BCUT2D eigenvalue weighted by Crippen LogP contribution is 2.38. The number of likely N-dealkylation sites (tertiary alicyclic amines) is 1. The van der Waals surface area contributed by atoms with Gasteiger partial charge in [0.2, 0.25) is 5.91 Å². The standard InChI is InChI=1S/C27H26N4O3/c1-30-15-5-8-21(30)16-18-9-11-20(12-10-18)28-26(19-6-3-2-4-7-19)25-23-17-22(31(33)34)13-14-24(23)29-27(25)32/h2-4,6-7,9-14,17,21,25H,5,8,15-16H2,1H3,(H,29,32). The third-order valence-electron chi connectivity index (χ3n) is 6.75. The number of hydrogen-bond acceptors (Lipinski definition) is 5. The minimum Gasteiger partial charge on any atom is -0.325 e. The molecule has 2 heterocycles. The average molecular weight is 455 g/mol. The number of carbonyl (C=O) groups excluding carboxylic acids is 1. The number of hydrogen-bond donors (Lipinski definition) is 1. The van der Waals surface area contributed by atoms with Crippen LogP contribution in [-0.4, -0.2) is 41.1 Å². The smallest absolute Gasteiger partial charge is 0.269 e. The minimum absolute atomic E-state index is 0.0473. The largest absolute Gasteiger partial charge is 0.325 e. The van der Waals surface area contributed by atoms with Crippen LogP contribution in [0.3, 0.4) is 0 Å². The fourth-order valence-electron chi connectivity index (χ4n) is 4.89. The first-order valence-electron chi connectivity index (χ1n) is 11.5. The van der Waals surface area contributed by atoms with E-state index in [1.165, 1.54) is 30.5 Å². The van der Waals surface area contributed by atoms with Gasteiger partial charge in [0.05, 0.1) is 16.3 Å². The molecule has 2 aliphatic rings. The van der Waals surface area contributed by atoms with Gasteiger partial charge in [-0.2, -0.15) is 0 Å². The molecule has 2 atom stereocenters. The summed E-state index contributed by atoms with van der Waals surface area (Å²) in [5.74, 6) is -0.969. The lowest BCUT2D eigenvalue weighted by Crippen LogP contribution is -2.26. The number of rotatable bonds is 6. The number of fused-ring (bicyclic) bond motifs is 1. The van der Waals surface area contributed by atoms with Crippen molar-refractivity contribution in [1.29, 1.82) is 0 Å². The number of likely N-dealkylation sites (N-methyl/N-ethyl adjacent to an activating group) is 1. The van der Waals surface area contributed by atoms with Gasteiger partial charge in [0.1, 0.15) is 5.92 Å². The molecule has 0 bridgehead atoms. The summed E-state index contributed by atoms with van der Waals surface area (Å²) in [6.07, 6.45) is 3.47. The SMILES string of the molecule is CN1CCCC1Cc1ccc(N=C(c2ccccc2)C2C(=O)Nc3ccc([N+](=O)[O-])cc32)cc1. The minimum atomic E-state index is -0.732. The second kappa shape index (κ2) is 9.19. The predicted octanol–water partition coefficient (Wildman–Crippen LogP) is 5.09. The molecule has 1 fully saturated rings. The maximum Gasteiger partial charge on any atom is 0.269 e. The Balaban J connectivity index is 1.51. The molecule has 2 unspecified atom stereocenters. The van der Waals surface area contributed by atoms with E-state index in [0.717, 1.165) is 24.2 Å². The van der Waals surface area contributed by atoms with Crippen LogP contribution < -0.4 is 5.32 Å². The van der Waals surface area contributed by atoms with E-state index in [9.17, 15) is 14.9 Å². The first kappa shape index (κ1) is 22.0. The Bertz CT molecular complexity index is 1250. The summed E-state index contributed by atoms with van der Waals surface area (Å²) >= 11 is 0. The molecule has 7 nitrogen and oxygen atoms in total. The molecular formula is C27H26N4O3. The summed E-state index contributed by atoms with van der Waals surface area (Å²) in [5.41, 5.74) is 4.49. The Hall–Kier alpha value is -3.84. The maximum absolute atomic E-state index is 13.0. The highest BCUT2D eigenvalue weighted by molar-refractivity contribution is 6.24. The van der Waals surface area contributed by atoms with Crippen LogP contribution in [-0.2, 0) is 11.2 Å². The Morgan fingerprint density at radius 2 is 1.88 bits per heavy atom. The van der Waals surface area contributed by atoms with E-state index in [0.29, 0.717) is 23.0 Å². The van der Waals surface area contributed by atoms with Crippen LogP contribution in [0.1, 0.15) is 35.4 Å². The molecule has 1 amide bonds. The molecule has 1 N–H and O–H groups in total. The van der Waals surface area contributed by atoms with E-state index < -0.39 is 10.8 Å². The summed E-state index contributed by atoms with van der Waals surface area (Å²) < 4.78 is 0. The third kappa shape index (κ3) is 4.34. The Morgan fingerprint density at radius 1 is 1.12 bits per heavy atom. The van der Waals surface area contributed by atoms with Crippen molar-refractivity contribution in [3.05, 3.63) is 99.6 Å². The van der Waals surface area contributed by atoms with Crippen LogP contribution >= 0.6 is 0 Å². The Labute approximate surface area is 198 Å². The van der Waals surface area contributed by atoms with Crippen molar-refractivity contribution in [3.8, 4) is 0 Å². The predicted molar refractivity (Wildman–Crippen MR) is 133 cm³/mol. The first-order chi connectivity index (χ1) is 16.5. The highest BCUT2D eigenvalue weighted by Gasteiger charge is 2.36. The number of non-ortho nitro benzene ring substituents is 1. The van der Waals surface area contributed by atoms with E-state index in [4.69, 9.17) is 4.99 Å². The van der Waals surface area contributed by atoms with Crippen molar-refractivity contribution < 1.29 is 9.72 Å². The summed E-state index contributed by atoms with van der Waals surface area (Å²) in [5, 5.41) is 14.2. The zero-order chi connectivity index (χ0) is 23.7. The lowest BCUT2D eigenvalue weighted by molar-refractivity contribution is -0.384. The van der Waals surface area contributed by atoms with Crippen LogP contribution in [0.4, 0.5) is 17.1 Å². The lowest BCUT2D eigenvalue weighted by atomic mass is 9.90. The van der Waals surface area contributed by atoms with E-state index in [1.807, 2.05) is 42.5 Å². The molecule has 3 aromatic carbocycles. The molecule has 5 rings (SSSR count). The van der Waals surface area contributed by atoms with Crippen molar-refractivity contribution in [1.82, 2.24) is 4.90 Å². The molecular weight excluding hydrogens is 428 g/mol. The molecule has 0 saturated carbocycles. The number of aliphatic imine (C=N–C) groups is 1. The van der Waals surface area contributed by atoms with Crippen LogP contribution in [0, 0.1) is 10.1 Å². The summed E-state index contributed by atoms with van der Waals surface area (Å²) in [6.45, 7) is 1.15. The van der Waals surface area contributed by atoms with Gasteiger partial charge >= 0.3 is 0 Å². The van der Waals surface area contributed by atoms with Crippen LogP contribution in [0.25, 0.3) is 0 Å².